The number of halogens is 2. The van der Waals surface area contributed by atoms with E-state index in [0.717, 1.165) is 42.9 Å². The summed E-state index contributed by atoms with van der Waals surface area (Å²) in [5.41, 5.74) is 1.97. The summed E-state index contributed by atoms with van der Waals surface area (Å²) in [6.45, 7) is 3.39. The molecule has 2 aromatic carbocycles. The molecule has 0 aliphatic carbocycles. The van der Waals surface area contributed by atoms with Gasteiger partial charge >= 0.3 is 0 Å². The normalized spacial score (nSPS) is 16.1. The van der Waals surface area contributed by atoms with Gasteiger partial charge in [-0.05, 0) is 73.7 Å². The van der Waals surface area contributed by atoms with Crippen LogP contribution in [0.25, 0.3) is 0 Å². The monoisotopic (exact) mass is 422 g/mol. The van der Waals surface area contributed by atoms with Crippen LogP contribution in [0.15, 0.2) is 48.5 Å². The molecule has 1 saturated heterocycles. The van der Waals surface area contributed by atoms with E-state index in [1.165, 1.54) is 12.8 Å². The fourth-order valence-corrected chi connectivity index (χ4v) is 3.59. The second-order valence-corrected chi connectivity index (χ2v) is 7.53. The van der Waals surface area contributed by atoms with Crippen LogP contribution in [0.4, 0.5) is 0 Å². The van der Waals surface area contributed by atoms with E-state index in [9.17, 15) is 4.79 Å². The Morgan fingerprint density at radius 2 is 2.00 bits per heavy atom. The van der Waals surface area contributed by atoms with E-state index in [0.29, 0.717) is 24.0 Å². The Labute approximate surface area is 178 Å². The van der Waals surface area contributed by atoms with E-state index >= 15 is 0 Å². The van der Waals surface area contributed by atoms with Crippen molar-refractivity contribution >= 4 is 29.9 Å². The first-order chi connectivity index (χ1) is 13.2. The molecule has 0 aromatic heterocycles. The van der Waals surface area contributed by atoms with Crippen LogP contribution in [0, 0.1) is 5.92 Å². The van der Waals surface area contributed by atoms with Gasteiger partial charge in [0.15, 0.2) is 0 Å². The fraction of sp³-hybridized carbons (Fsp3) is 0.409. The molecule has 4 nitrogen and oxygen atoms in total. The lowest BCUT2D eigenvalue weighted by Gasteiger charge is -2.22. The summed E-state index contributed by atoms with van der Waals surface area (Å²) in [6, 6.07) is 15.3. The Balaban J connectivity index is 0.00000280. The molecule has 0 radical (unpaired) electrons. The number of hydrogen-bond donors (Lipinski definition) is 2. The number of nitrogens with one attached hydrogen (secondary N) is 2. The maximum atomic E-state index is 12.2. The first-order valence-electron chi connectivity index (χ1n) is 9.62. The third-order valence-corrected chi connectivity index (χ3v) is 5.07. The molecule has 152 valence electrons. The summed E-state index contributed by atoms with van der Waals surface area (Å²) in [5, 5.41) is 7.15. The highest BCUT2D eigenvalue weighted by Crippen LogP contribution is 2.17. The van der Waals surface area contributed by atoms with Gasteiger partial charge < -0.3 is 15.4 Å². The predicted molar refractivity (Wildman–Crippen MR) is 116 cm³/mol. The van der Waals surface area contributed by atoms with E-state index in [1.807, 2.05) is 48.5 Å². The molecule has 1 fully saturated rings. The molecule has 1 aliphatic heterocycles. The number of carbonyl (C=O) groups is 1. The van der Waals surface area contributed by atoms with Gasteiger partial charge in [-0.2, -0.15) is 0 Å². The molecular formula is C22H28Cl2N2O2. The lowest BCUT2D eigenvalue weighted by atomic mass is 9.96. The van der Waals surface area contributed by atoms with Crippen molar-refractivity contribution in [1.82, 2.24) is 10.6 Å². The molecule has 1 heterocycles. The Hall–Kier alpha value is -1.75. The van der Waals surface area contributed by atoms with E-state index in [4.69, 9.17) is 16.3 Å². The Bertz CT molecular complexity index is 749. The molecule has 2 aromatic rings. The van der Waals surface area contributed by atoms with Crippen LogP contribution < -0.4 is 15.4 Å². The largest absolute Gasteiger partial charge is 0.489 e. The second-order valence-electron chi connectivity index (χ2n) is 7.09. The van der Waals surface area contributed by atoms with Crippen molar-refractivity contribution in [2.75, 3.05) is 19.6 Å². The standard InChI is InChI=1S/C22H27ClN2O2.ClH/c23-20-7-1-5-19(12-20)16-27-21-8-2-4-18(13-21)14-22(26)25-11-9-17-6-3-10-24-15-17;/h1-2,4-5,7-8,12-13,17,24H,3,6,9-11,14-16H2,(H,25,26);1H. The quantitative estimate of drug-likeness (QED) is 0.662. The summed E-state index contributed by atoms with van der Waals surface area (Å²) in [6.07, 6.45) is 3.91. The number of ether oxygens (including phenoxy) is 1. The van der Waals surface area contributed by atoms with Gasteiger partial charge in [0.25, 0.3) is 0 Å². The molecule has 1 aliphatic rings. The van der Waals surface area contributed by atoms with Crippen molar-refractivity contribution in [2.24, 2.45) is 5.92 Å². The van der Waals surface area contributed by atoms with Crippen LogP contribution in [0.5, 0.6) is 5.75 Å². The summed E-state index contributed by atoms with van der Waals surface area (Å²) in [4.78, 5) is 12.2. The van der Waals surface area contributed by atoms with Crippen molar-refractivity contribution in [3.63, 3.8) is 0 Å². The summed E-state index contributed by atoms with van der Waals surface area (Å²) in [5.74, 6) is 1.50. The average molecular weight is 423 g/mol. The first-order valence-corrected chi connectivity index (χ1v) is 10.0. The highest BCUT2D eigenvalue weighted by atomic mass is 35.5. The predicted octanol–water partition coefficient (Wildman–Crippen LogP) is 4.39. The van der Waals surface area contributed by atoms with Crippen molar-refractivity contribution < 1.29 is 9.53 Å². The highest BCUT2D eigenvalue weighted by molar-refractivity contribution is 6.30. The molecule has 1 amide bonds. The zero-order valence-corrected chi connectivity index (χ0v) is 17.5. The molecule has 0 spiro atoms. The van der Waals surface area contributed by atoms with Gasteiger partial charge in [0.2, 0.25) is 5.91 Å². The van der Waals surface area contributed by atoms with Crippen molar-refractivity contribution in [2.45, 2.75) is 32.3 Å². The molecule has 6 heteroatoms. The van der Waals surface area contributed by atoms with Crippen molar-refractivity contribution in [3.05, 3.63) is 64.7 Å². The minimum atomic E-state index is 0. The number of benzene rings is 2. The zero-order valence-electron chi connectivity index (χ0n) is 16.0. The van der Waals surface area contributed by atoms with Crippen LogP contribution in [0.2, 0.25) is 5.02 Å². The first kappa shape index (κ1) is 22.5. The van der Waals surface area contributed by atoms with E-state index in [2.05, 4.69) is 10.6 Å². The third kappa shape index (κ3) is 7.70. The van der Waals surface area contributed by atoms with Crippen LogP contribution in [-0.4, -0.2) is 25.5 Å². The maximum absolute atomic E-state index is 12.2. The van der Waals surface area contributed by atoms with Gasteiger partial charge in [-0.3, -0.25) is 4.79 Å². The fourth-order valence-electron chi connectivity index (χ4n) is 3.37. The van der Waals surface area contributed by atoms with Gasteiger partial charge in [-0.25, -0.2) is 0 Å². The number of hydrogen-bond acceptors (Lipinski definition) is 3. The minimum absolute atomic E-state index is 0. The third-order valence-electron chi connectivity index (χ3n) is 4.83. The van der Waals surface area contributed by atoms with Crippen molar-refractivity contribution in [1.29, 1.82) is 0 Å². The Morgan fingerprint density at radius 1 is 1.18 bits per heavy atom. The van der Waals surface area contributed by atoms with Gasteiger partial charge in [0, 0.05) is 11.6 Å². The van der Waals surface area contributed by atoms with Crippen molar-refractivity contribution in [3.8, 4) is 5.75 Å². The lowest BCUT2D eigenvalue weighted by Crippen LogP contribution is -2.33. The molecule has 0 bridgehead atoms. The highest BCUT2D eigenvalue weighted by Gasteiger charge is 2.13. The zero-order chi connectivity index (χ0) is 18.9. The minimum Gasteiger partial charge on any atom is -0.489 e. The van der Waals surface area contributed by atoms with Crippen LogP contribution in [0.1, 0.15) is 30.4 Å². The molecule has 28 heavy (non-hydrogen) atoms. The summed E-state index contributed by atoms with van der Waals surface area (Å²) in [7, 11) is 0. The number of rotatable bonds is 8. The average Bonchev–Trinajstić information content (AvgIpc) is 2.68. The van der Waals surface area contributed by atoms with Gasteiger partial charge in [-0.1, -0.05) is 35.9 Å². The van der Waals surface area contributed by atoms with Crippen LogP contribution in [0.3, 0.4) is 0 Å². The van der Waals surface area contributed by atoms with Gasteiger partial charge in [0.05, 0.1) is 6.42 Å². The lowest BCUT2D eigenvalue weighted by molar-refractivity contribution is -0.120. The van der Waals surface area contributed by atoms with Crippen LogP contribution >= 0.6 is 24.0 Å². The molecule has 0 saturated carbocycles. The molecule has 3 rings (SSSR count). The topological polar surface area (TPSA) is 50.4 Å². The van der Waals surface area contributed by atoms with E-state index < -0.39 is 0 Å². The number of amides is 1. The smallest absolute Gasteiger partial charge is 0.224 e. The van der Waals surface area contributed by atoms with E-state index in [-0.39, 0.29) is 18.3 Å². The number of piperidine rings is 1. The SMILES string of the molecule is Cl.O=C(Cc1cccc(OCc2cccc(Cl)c2)c1)NCCC1CCCNC1. The van der Waals surface area contributed by atoms with E-state index in [1.54, 1.807) is 0 Å². The number of carbonyl (C=O) groups excluding carboxylic acids is 1. The van der Waals surface area contributed by atoms with Crippen LogP contribution in [-0.2, 0) is 17.8 Å². The molecule has 1 atom stereocenters. The molecule has 1 unspecified atom stereocenters. The molecule has 2 N–H and O–H groups in total. The Morgan fingerprint density at radius 3 is 2.79 bits per heavy atom. The van der Waals surface area contributed by atoms with Gasteiger partial charge in [0.1, 0.15) is 12.4 Å². The summed E-state index contributed by atoms with van der Waals surface area (Å²) >= 11 is 6.00. The van der Waals surface area contributed by atoms with Gasteiger partial charge in [-0.15, -0.1) is 12.4 Å². The maximum Gasteiger partial charge on any atom is 0.224 e. The second kappa shape index (κ2) is 11.9. The summed E-state index contributed by atoms with van der Waals surface area (Å²) < 4.78 is 5.83. The molecular weight excluding hydrogens is 395 g/mol. The Kier molecular flexibility index (Phi) is 9.62.